The normalized spacial score (nSPS) is 11.0. The fourth-order valence-electron chi connectivity index (χ4n) is 2.56. The largest absolute Gasteiger partial charge is 0.302 e. The maximum absolute atomic E-state index is 12.1. The number of benzene rings is 1. The van der Waals surface area contributed by atoms with Gasteiger partial charge in [0.2, 0.25) is 5.91 Å². The second-order valence-electron chi connectivity index (χ2n) is 6.06. The Labute approximate surface area is 156 Å². The molecule has 0 aliphatic heterocycles. The van der Waals surface area contributed by atoms with Crippen LogP contribution in [0, 0.1) is 27.7 Å². The first-order valence-corrected chi connectivity index (χ1v) is 9.98. The van der Waals surface area contributed by atoms with Crippen molar-refractivity contribution in [2.24, 2.45) is 0 Å². The third-order valence-corrected chi connectivity index (χ3v) is 5.98. The molecular weight excluding hydrogens is 350 g/mol. The molecule has 6 heteroatoms. The molecule has 0 aliphatic carbocycles. The van der Waals surface area contributed by atoms with Crippen LogP contribution in [-0.4, -0.2) is 21.6 Å². The number of carbonyl (C=O) groups excluding carboxylic acids is 1. The van der Waals surface area contributed by atoms with Gasteiger partial charge in [0.1, 0.15) is 0 Å². The number of pyridine rings is 1. The minimum atomic E-state index is -0.00468. The number of carbonyl (C=O) groups is 1. The molecule has 3 aromatic rings. The van der Waals surface area contributed by atoms with Crippen LogP contribution in [0.2, 0.25) is 0 Å². The molecular formula is C19H21N3OS2. The van der Waals surface area contributed by atoms with Crippen LogP contribution in [-0.2, 0) is 4.79 Å². The number of aryl methyl sites for hydroxylation is 4. The fourth-order valence-corrected chi connectivity index (χ4v) is 4.30. The highest BCUT2D eigenvalue weighted by molar-refractivity contribution is 7.99. The van der Waals surface area contributed by atoms with E-state index < -0.39 is 0 Å². The van der Waals surface area contributed by atoms with E-state index in [2.05, 4.69) is 48.4 Å². The van der Waals surface area contributed by atoms with Gasteiger partial charge in [-0.1, -0.05) is 18.2 Å². The average molecular weight is 372 g/mol. The predicted molar refractivity (Wildman–Crippen MR) is 107 cm³/mol. The van der Waals surface area contributed by atoms with Gasteiger partial charge in [-0.3, -0.25) is 4.79 Å². The lowest BCUT2D eigenvalue weighted by Crippen LogP contribution is -2.12. The molecule has 1 N–H and O–H groups in total. The molecule has 0 saturated heterocycles. The molecule has 0 bridgehead atoms. The van der Waals surface area contributed by atoms with Crippen molar-refractivity contribution in [1.82, 2.24) is 9.97 Å². The first-order chi connectivity index (χ1) is 11.9. The second kappa shape index (κ2) is 7.54. The Morgan fingerprint density at radius 1 is 1.16 bits per heavy atom. The van der Waals surface area contributed by atoms with E-state index in [-0.39, 0.29) is 5.91 Å². The van der Waals surface area contributed by atoms with Gasteiger partial charge >= 0.3 is 0 Å². The van der Waals surface area contributed by atoms with Gasteiger partial charge in [0, 0.05) is 22.4 Å². The van der Waals surface area contributed by atoms with E-state index in [0.29, 0.717) is 17.3 Å². The third kappa shape index (κ3) is 4.19. The monoisotopic (exact) mass is 371 g/mol. The van der Waals surface area contributed by atoms with E-state index in [4.69, 9.17) is 4.98 Å². The summed E-state index contributed by atoms with van der Waals surface area (Å²) >= 11 is 3.13. The van der Waals surface area contributed by atoms with Gasteiger partial charge < -0.3 is 5.32 Å². The van der Waals surface area contributed by atoms with Gasteiger partial charge in [-0.2, -0.15) is 0 Å². The molecule has 1 amide bonds. The first kappa shape index (κ1) is 17.9. The maximum Gasteiger partial charge on any atom is 0.226 e. The third-order valence-electron chi connectivity index (χ3n) is 4.08. The van der Waals surface area contributed by atoms with Gasteiger partial charge in [-0.05, 0) is 44.9 Å². The van der Waals surface area contributed by atoms with Crippen molar-refractivity contribution in [2.75, 3.05) is 11.1 Å². The Morgan fingerprint density at radius 2 is 1.96 bits per heavy atom. The number of hydrogen-bond acceptors (Lipinski definition) is 5. The highest BCUT2D eigenvalue weighted by Gasteiger charge is 2.09. The molecule has 0 radical (unpaired) electrons. The molecule has 0 aliphatic rings. The molecule has 0 saturated carbocycles. The van der Waals surface area contributed by atoms with Crippen molar-refractivity contribution in [3.63, 3.8) is 0 Å². The number of hydrogen-bond donors (Lipinski definition) is 1. The summed E-state index contributed by atoms with van der Waals surface area (Å²) in [5, 5.41) is 5.71. The fraction of sp³-hybridized carbons (Fsp3) is 0.316. The van der Waals surface area contributed by atoms with Crippen LogP contribution in [0.4, 0.5) is 5.13 Å². The zero-order valence-corrected chi connectivity index (χ0v) is 16.5. The Morgan fingerprint density at radius 3 is 2.68 bits per heavy atom. The number of aromatic nitrogens is 2. The quantitative estimate of drug-likeness (QED) is 0.638. The van der Waals surface area contributed by atoms with Crippen LogP contribution in [0.25, 0.3) is 10.9 Å². The lowest BCUT2D eigenvalue weighted by molar-refractivity contribution is -0.115. The van der Waals surface area contributed by atoms with E-state index in [0.717, 1.165) is 21.1 Å². The van der Waals surface area contributed by atoms with Crippen molar-refractivity contribution >= 4 is 45.0 Å². The summed E-state index contributed by atoms with van der Waals surface area (Å²) in [4.78, 5) is 22.3. The van der Waals surface area contributed by atoms with Crippen LogP contribution in [0.5, 0.6) is 0 Å². The minimum Gasteiger partial charge on any atom is -0.302 e. The summed E-state index contributed by atoms with van der Waals surface area (Å²) in [7, 11) is 0. The van der Waals surface area contributed by atoms with Crippen LogP contribution >= 0.6 is 23.1 Å². The van der Waals surface area contributed by atoms with Crippen molar-refractivity contribution < 1.29 is 4.79 Å². The van der Waals surface area contributed by atoms with Crippen molar-refractivity contribution in [3.8, 4) is 0 Å². The van der Waals surface area contributed by atoms with Crippen molar-refractivity contribution in [1.29, 1.82) is 0 Å². The van der Waals surface area contributed by atoms with E-state index in [1.54, 1.807) is 11.8 Å². The van der Waals surface area contributed by atoms with Crippen LogP contribution in [0.15, 0.2) is 29.3 Å². The summed E-state index contributed by atoms with van der Waals surface area (Å²) in [6.07, 6.45) is 0.439. The van der Waals surface area contributed by atoms with E-state index in [1.165, 1.54) is 27.8 Å². The number of nitrogens with one attached hydrogen (secondary N) is 1. The maximum atomic E-state index is 12.1. The zero-order chi connectivity index (χ0) is 18.0. The number of para-hydroxylation sites is 1. The summed E-state index contributed by atoms with van der Waals surface area (Å²) in [5.41, 5.74) is 4.41. The summed E-state index contributed by atoms with van der Waals surface area (Å²) in [6, 6.07) is 8.34. The molecule has 2 aromatic heterocycles. The Balaban J connectivity index is 1.61. The Hall–Kier alpha value is -1.92. The highest BCUT2D eigenvalue weighted by atomic mass is 32.2. The van der Waals surface area contributed by atoms with Gasteiger partial charge in [-0.25, -0.2) is 9.97 Å². The smallest absolute Gasteiger partial charge is 0.226 e. The molecule has 0 atom stereocenters. The Kier molecular flexibility index (Phi) is 5.39. The standard InChI is InChI=1S/C19H21N3OS2/c1-11-6-5-7-15-12(2)10-17(22-18(11)15)24-9-8-16(23)21-19-20-13(3)14(4)25-19/h5-7,10H,8-9H2,1-4H3,(H,20,21,23). The van der Waals surface area contributed by atoms with Crippen molar-refractivity contribution in [2.45, 2.75) is 39.1 Å². The first-order valence-electron chi connectivity index (χ1n) is 8.17. The molecule has 0 fully saturated rings. The summed E-state index contributed by atoms with van der Waals surface area (Å²) < 4.78 is 0. The topological polar surface area (TPSA) is 54.9 Å². The minimum absolute atomic E-state index is 0.00468. The summed E-state index contributed by atoms with van der Waals surface area (Å²) in [5.74, 6) is 0.689. The van der Waals surface area contributed by atoms with E-state index in [9.17, 15) is 4.79 Å². The number of rotatable bonds is 5. The van der Waals surface area contributed by atoms with Crippen LogP contribution in [0.1, 0.15) is 28.1 Å². The molecule has 0 spiro atoms. The molecule has 130 valence electrons. The van der Waals surface area contributed by atoms with Gasteiger partial charge in [0.15, 0.2) is 5.13 Å². The lowest BCUT2D eigenvalue weighted by Gasteiger charge is -2.08. The SMILES string of the molecule is Cc1nc(NC(=O)CCSc2cc(C)c3cccc(C)c3n2)sc1C. The average Bonchev–Trinajstić information content (AvgIpc) is 2.86. The second-order valence-corrected chi connectivity index (χ2v) is 8.37. The number of amides is 1. The van der Waals surface area contributed by atoms with E-state index >= 15 is 0 Å². The summed E-state index contributed by atoms with van der Waals surface area (Å²) in [6.45, 7) is 8.14. The van der Waals surface area contributed by atoms with Crippen LogP contribution in [0.3, 0.4) is 0 Å². The van der Waals surface area contributed by atoms with Gasteiger partial charge in [-0.15, -0.1) is 23.1 Å². The highest BCUT2D eigenvalue weighted by Crippen LogP contribution is 2.26. The van der Waals surface area contributed by atoms with E-state index in [1.807, 2.05) is 13.8 Å². The lowest BCUT2D eigenvalue weighted by atomic mass is 10.1. The number of fused-ring (bicyclic) bond motifs is 1. The van der Waals surface area contributed by atoms with Crippen LogP contribution < -0.4 is 5.32 Å². The molecule has 3 rings (SSSR count). The Bertz CT molecular complexity index is 914. The predicted octanol–water partition coefficient (Wildman–Crippen LogP) is 5.05. The van der Waals surface area contributed by atoms with Gasteiger partial charge in [0.05, 0.1) is 16.2 Å². The number of anilines is 1. The molecule has 0 unspecified atom stereocenters. The zero-order valence-electron chi connectivity index (χ0n) is 14.8. The van der Waals surface area contributed by atoms with Gasteiger partial charge in [0.25, 0.3) is 0 Å². The number of thioether (sulfide) groups is 1. The molecule has 4 nitrogen and oxygen atoms in total. The molecule has 1 aromatic carbocycles. The molecule has 25 heavy (non-hydrogen) atoms. The number of nitrogens with zero attached hydrogens (tertiary/aromatic N) is 2. The van der Waals surface area contributed by atoms with Crippen molar-refractivity contribution in [3.05, 3.63) is 46.0 Å². The molecule has 2 heterocycles. The number of thiazole rings is 1.